The lowest BCUT2D eigenvalue weighted by atomic mass is 10.00. The Morgan fingerprint density at radius 3 is 1.29 bits per heavy atom. The van der Waals surface area contributed by atoms with Crippen LogP contribution in [0.5, 0.6) is 0 Å². The highest BCUT2D eigenvalue weighted by Gasteiger charge is 2.23. The van der Waals surface area contributed by atoms with Crippen molar-refractivity contribution < 1.29 is 37.9 Å². The zero-order valence-electron chi connectivity index (χ0n) is 32.4. The van der Waals surface area contributed by atoms with Crippen LogP contribution in [0.4, 0.5) is 0 Å². The summed E-state index contributed by atoms with van der Waals surface area (Å²) in [4.78, 5) is 42.7. The van der Waals surface area contributed by atoms with Crippen molar-refractivity contribution in [3.63, 3.8) is 0 Å². The molecule has 0 rings (SSSR count). The van der Waals surface area contributed by atoms with Gasteiger partial charge in [0.25, 0.3) is 0 Å². The van der Waals surface area contributed by atoms with E-state index in [0.29, 0.717) is 6.42 Å². The molecule has 0 saturated heterocycles. The number of ether oxygens (including phenoxy) is 2. The topological polar surface area (TPSA) is 119 Å². The molecule has 49 heavy (non-hydrogen) atoms. The van der Waals surface area contributed by atoms with Crippen LogP contribution in [0.2, 0.25) is 0 Å². The largest absolute Gasteiger partial charge is 0.469 e. The Bertz CT molecular complexity index is 799. The number of phosphoric acid groups is 1. The lowest BCUT2D eigenvalue weighted by Crippen LogP contribution is -2.29. The Kier molecular flexibility index (Phi) is 33.5. The number of phosphoric ester groups is 1. The monoisotopic (exact) mass is 719 g/mol. The number of unbranched alkanes of at least 4 members (excludes halogenated alkanes) is 22. The SMILES string of the molecule is CCC(C)CCCCCCCCC(=O)OC[C@H](COP(=O)(O)O)OC(=O)CCCCCCCCCCCCCCCCCCCCC(C)C. The molecule has 0 aliphatic rings. The maximum atomic E-state index is 12.4. The lowest BCUT2D eigenvalue weighted by molar-refractivity contribution is -0.161. The Balaban J connectivity index is 3.82. The molecule has 9 heteroatoms. The van der Waals surface area contributed by atoms with Gasteiger partial charge >= 0.3 is 19.8 Å². The third-order valence-corrected chi connectivity index (χ3v) is 10.1. The van der Waals surface area contributed by atoms with Crippen molar-refractivity contribution in [3.8, 4) is 0 Å². The first-order chi connectivity index (χ1) is 23.5. The molecule has 1 unspecified atom stereocenters. The molecule has 0 aromatic heterocycles. The minimum absolute atomic E-state index is 0.218. The first-order valence-corrected chi connectivity index (χ1v) is 22.1. The third kappa shape index (κ3) is 38.1. The molecule has 0 aromatic carbocycles. The van der Waals surface area contributed by atoms with Crippen molar-refractivity contribution in [2.24, 2.45) is 11.8 Å². The highest BCUT2D eigenvalue weighted by atomic mass is 31.2. The number of carbonyl (C=O) groups is 2. The Morgan fingerprint density at radius 2 is 0.898 bits per heavy atom. The van der Waals surface area contributed by atoms with Crippen molar-refractivity contribution in [1.29, 1.82) is 0 Å². The van der Waals surface area contributed by atoms with Crippen molar-refractivity contribution >= 4 is 19.8 Å². The van der Waals surface area contributed by atoms with Gasteiger partial charge in [0.15, 0.2) is 6.10 Å². The number of rotatable bonds is 37. The van der Waals surface area contributed by atoms with Crippen molar-refractivity contribution in [3.05, 3.63) is 0 Å². The minimum atomic E-state index is -4.74. The van der Waals surface area contributed by atoms with E-state index >= 15 is 0 Å². The molecule has 292 valence electrons. The Labute approximate surface area is 302 Å². The Morgan fingerprint density at radius 1 is 0.531 bits per heavy atom. The van der Waals surface area contributed by atoms with Gasteiger partial charge in [0.1, 0.15) is 6.61 Å². The van der Waals surface area contributed by atoms with Gasteiger partial charge in [-0.05, 0) is 24.7 Å². The lowest BCUT2D eigenvalue weighted by Gasteiger charge is -2.18. The maximum absolute atomic E-state index is 12.4. The molecule has 0 aromatic rings. The number of esters is 2. The van der Waals surface area contributed by atoms with Crippen LogP contribution < -0.4 is 0 Å². The quantitative estimate of drug-likeness (QED) is 0.0370. The van der Waals surface area contributed by atoms with Crippen LogP contribution in [0.3, 0.4) is 0 Å². The van der Waals surface area contributed by atoms with Gasteiger partial charge < -0.3 is 19.3 Å². The second kappa shape index (κ2) is 34.2. The molecule has 0 amide bonds. The van der Waals surface area contributed by atoms with Crippen LogP contribution >= 0.6 is 7.82 Å². The smallest absolute Gasteiger partial charge is 0.462 e. The van der Waals surface area contributed by atoms with Gasteiger partial charge in [-0.25, -0.2) is 4.57 Å². The third-order valence-electron chi connectivity index (χ3n) is 9.59. The molecule has 2 N–H and O–H groups in total. The molecule has 0 saturated carbocycles. The standard InChI is InChI=1S/C40H79O8P/c1-5-37(4)31-27-23-20-21-24-28-32-39(41)46-34-38(35-47-49(43,44)45)48-40(42)33-29-25-19-17-15-13-11-9-7-6-8-10-12-14-16-18-22-26-30-36(2)3/h36-38H,5-35H2,1-4H3,(H2,43,44,45)/t37?,38-/m1/s1. The fraction of sp³-hybridized carbons (Fsp3) is 0.950. The summed E-state index contributed by atoms with van der Waals surface area (Å²) in [5.74, 6) is 0.763. The predicted octanol–water partition coefficient (Wildman–Crippen LogP) is 12.2. The second-order valence-corrected chi connectivity index (χ2v) is 16.3. The molecular weight excluding hydrogens is 639 g/mol. The van der Waals surface area contributed by atoms with Gasteiger partial charge in [0.2, 0.25) is 0 Å². The van der Waals surface area contributed by atoms with E-state index in [4.69, 9.17) is 19.3 Å². The summed E-state index contributed by atoms with van der Waals surface area (Å²) in [5.41, 5.74) is 0. The minimum Gasteiger partial charge on any atom is -0.462 e. The number of hydrogen-bond acceptors (Lipinski definition) is 6. The summed E-state index contributed by atoms with van der Waals surface area (Å²) in [7, 11) is -4.74. The van der Waals surface area contributed by atoms with Gasteiger partial charge in [-0.2, -0.15) is 0 Å². The molecule has 0 aliphatic carbocycles. The van der Waals surface area contributed by atoms with Gasteiger partial charge in [-0.15, -0.1) is 0 Å². The number of carbonyl (C=O) groups excluding carboxylic acids is 2. The average molecular weight is 719 g/mol. The van der Waals surface area contributed by atoms with Gasteiger partial charge in [-0.3, -0.25) is 14.1 Å². The summed E-state index contributed by atoms with van der Waals surface area (Å²) >= 11 is 0. The van der Waals surface area contributed by atoms with Gasteiger partial charge in [0.05, 0.1) is 6.61 Å². The van der Waals surface area contributed by atoms with E-state index in [1.54, 1.807) is 0 Å². The van der Waals surface area contributed by atoms with Crippen LogP contribution in [-0.2, 0) is 28.2 Å². The summed E-state index contributed by atoms with van der Waals surface area (Å²) in [6.07, 6.45) is 32.7. The molecule has 0 fully saturated rings. The van der Waals surface area contributed by atoms with Crippen LogP contribution in [-0.4, -0.2) is 41.0 Å². The molecular formula is C40H79O8P. The first kappa shape index (κ1) is 48.0. The first-order valence-electron chi connectivity index (χ1n) is 20.6. The van der Waals surface area contributed by atoms with Crippen molar-refractivity contribution in [2.45, 2.75) is 220 Å². The molecule has 0 aliphatic heterocycles. The van der Waals surface area contributed by atoms with Crippen LogP contribution in [0.15, 0.2) is 0 Å². The van der Waals surface area contributed by atoms with Crippen molar-refractivity contribution in [1.82, 2.24) is 0 Å². The van der Waals surface area contributed by atoms with Crippen LogP contribution in [0, 0.1) is 11.8 Å². The summed E-state index contributed by atoms with van der Waals surface area (Å²) in [6, 6.07) is 0. The molecule has 2 atom stereocenters. The van der Waals surface area contributed by atoms with E-state index in [2.05, 4.69) is 32.2 Å². The van der Waals surface area contributed by atoms with Crippen molar-refractivity contribution in [2.75, 3.05) is 13.2 Å². The molecule has 0 bridgehead atoms. The van der Waals surface area contributed by atoms with Gasteiger partial charge in [-0.1, -0.05) is 188 Å². The van der Waals surface area contributed by atoms with Crippen LogP contribution in [0.25, 0.3) is 0 Å². The van der Waals surface area contributed by atoms with E-state index < -0.39 is 32.5 Å². The predicted molar refractivity (Wildman–Crippen MR) is 202 cm³/mol. The summed E-state index contributed by atoms with van der Waals surface area (Å²) in [6.45, 7) is 8.34. The van der Waals surface area contributed by atoms with Crippen LogP contribution in [0.1, 0.15) is 214 Å². The highest BCUT2D eigenvalue weighted by Crippen LogP contribution is 2.36. The molecule has 0 spiro atoms. The molecule has 0 heterocycles. The van der Waals surface area contributed by atoms with E-state index in [1.807, 2.05) is 0 Å². The van der Waals surface area contributed by atoms with E-state index in [1.165, 1.54) is 135 Å². The fourth-order valence-corrected chi connectivity index (χ4v) is 6.48. The zero-order chi connectivity index (χ0) is 36.4. The fourth-order valence-electron chi connectivity index (χ4n) is 6.12. The highest BCUT2D eigenvalue weighted by molar-refractivity contribution is 7.46. The normalized spacial score (nSPS) is 13.1. The maximum Gasteiger partial charge on any atom is 0.469 e. The zero-order valence-corrected chi connectivity index (χ0v) is 33.3. The molecule has 8 nitrogen and oxygen atoms in total. The van der Waals surface area contributed by atoms with E-state index in [-0.39, 0.29) is 19.4 Å². The van der Waals surface area contributed by atoms with E-state index in [9.17, 15) is 14.2 Å². The molecule has 0 radical (unpaired) electrons. The summed E-state index contributed by atoms with van der Waals surface area (Å²) in [5, 5.41) is 0. The van der Waals surface area contributed by atoms with E-state index in [0.717, 1.165) is 43.9 Å². The Hall–Kier alpha value is -0.950. The summed E-state index contributed by atoms with van der Waals surface area (Å²) < 4.78 is 26.3. The second-order valence-electron chi connectivity index (χ2n) is 15.1. The van der Waals surface area contributed by atoms with Gasteiger partial charge in [0, 0.05) is 12.8 Å². The average Bonchev–Trinajstić information content (AvgIpc) is 3.05. The number of hydrogen-bond donors (Lipinski definition) is 2.